The number of primary amides is 1. The number of anilines is 3. The summed E-state index contributed by atoms with van der Waals surface area (Å²) in [5.74, 6) is -1.80. The van der Waals surface area contributed by atoms with Gasteiger partial charge >= 0.3 is 0 Å². The van der Waals surface area contributed by atoms with Gasteiger partial charge in [-0.3, -0.25) is 19.4 Å². The van der Waals surface area contributed by atoms with Gasteiger partial charge in [-0.2, -0.15) is 5.10 Å². The van der Waals surface area contributed by atoms with Crippen LogP contribution in [0.4, 0.5) is 21.5 Å². The number of rotatable bonds is 8. The molecule has 2 aromatic carbocycles. The number of carbonyl (C=O) groups excluding carboxylic acids is 3. The van der Waals surface area contributed by atoms with Crippen molar-refractivity contribution in [3.05, 3.63) is 54.3 Å². The zero-order chi connectivity index (χ0) is 24.9. The van der Waals surface area contributed by atoms with Crippen molar-refractivity contribution in [2.45, 2.75) is 44.7 Å². The van der Waals surface area contributed by atoms with Gasteiger partial charge in [0.1, 0.15) is 17.6 Å². The molecule has 2 heterocycles. The molecule has 0 aromatic heterocycles. The van der Waals surface area contributed by atoms with E-state index in [1.54, 1.807) is 6.92 Å². The van der Waals surface area contributed by atoms with E-state index < -0.39 is 29.7 Å². The lowest BCUT2D eigenvalue weighted by atomic mass is 10.1. The van der Waals surface area contributed by atoms with Crippen molar-refractivity contribution in [2.24, 2.45) is 10.8 Å². The van der Waals surface area contributed by atoms with E-state index in [4.69, 9.17) is 5.73 Å². The molecule has 1 fully saturated rings. The summed E-state index contributed by atoms with van der Waals surface area (Å²) in [6.07, 6.45) is 2.41. The van der Waals surface area contributed by atoms with Gasteiger partial charge in [0.05, 0.1) is 5.69 Å². The number of nitrogens with one attached hydrogen (secondary N) is 2. The predicted molar refractivity (Wildman–Crippen MR) is 133 cm³/mol. The van der Waals surface area contributed by atoms with Crippen LogP contribution in [0.25, 0.3) is 0 Å². The lowest BCUT2D eigenvalue weighted by Crippen LogP contribution is -2.41. The fourth-order valence-electron chi connectivity index (χ4n) is 4.30. The maximum absolute atomic E-state index is 13.3. The van der Waals surface area contributed by atoms with Crippen molar-refractivity contribution in [3.63, 3.8) is 0 Å². The molecule has 0 bridgehead atoms. The number of hydrogen-bond acceptors (Lipinski definition) is 6. The van der Waals surface area contributed by atoms with Crippen LogP contribution in [0.5, 0.6) is 0 Å². The summed E-state index contributed by atoms with van der Waals surface area (Å²) in [5, 5.41) is 11.2. The largest absolute Gasteiger partial charge is 0.371 e. The third kappa shape index (κ3) is 5.95. The minimum Gasteiger partial charge on any atom is -0.371 e. The number of hydrogen-bond donors (Lipinski definition) is 3. The Morgan fingerprint density at radius 2 is 1.83 bits per heavy atom. The van der Waals surface area contributed by atoms with E-state index >= 15 is 0 Å². The van der Waals surface area contributed by atoms with Crippen molar-refractivity contribution >= 4 is 40.5 Å². The van der Waals surface area contributed by atoms with E-state index in [0.29, 0.717) is 11.4 Å². The van der Waals surface area contributed by atoms with Gasteiger partial charge in [0.2, 0.25) is 11.8 Å². The first-order valence-electron chi connectivity index (χ1n) is 11.7. The van der Waals surface area contributed by atoms with Gasteiger partial charge in [0.15, 0.2) is 0 Å². The molecule has 0 aliphatic carbocycles. The second-order valence-electron chi connectivity index (χ2n) is 8.86. The molecule has 4 N–H and O–H groups in total. The van der Waals surface area contributed by atoms with Crippen LogP contribution in [0.1, 0.15) is 32.6 Å². The Labute approximate surface area is 203 Å². The van der Waals surface area contributed by atoms with Gasteiger partial charge in [0.25, 0.3) is 5.91 Å². The molecule has 4 rings (SSSR count). The van der Waals surface area contributed by atoms with Gasteiger partial charge < -0.3 is 21.3 Å². The van der Waals surface area contributed by atoms with Crippen LogP contribution >= 0.6 is 0 Å². The Balaban J connectivity index is 1.34. The van der Waals surface area contributed by atoms with E-state index in [1.807, 2.05) is 24.3 Å². The highest BCUT2D eigenvalue weighted by Gasteiger charge is 2.35. The van der Waals surface area contributed by atoms with Gasteiger partial charge in [-0.05, 0) is 62.2 Å². The average Bonchev–Trinajstić information content (AvgIpc) is 3.50. The van der Waals surface area contributed by atoms with E-state index in [9.17, 15) is 18.8 Å². The molecular formula is C25H29FN6O3. The Hall–Kier alpha value is -3.95. The maximum Gasteiger partial charge on any atom is 0.267 e. The summed E-state index contributed by atoms with van der Waals surface area (Å²) in [6.45, 7) is 3.75. The molecule has 2 aliphatic heterocycles. The SMILES string of the molecule is CC(CC(=O)Nc1cccc(N2CCCC2)c1)NC(=O)C1=NN(c2ccc(F)cc2)C(C(N)=O)C1. The summed E-state index contributed by atoms with van der Waals surface area (Å²) in [6, 6.07) is 11.8. The minimum absolute atomic E-state index is 0.0146. The Morgan fingerprint density at radius 3 is 2.51 bits per heavy atom. The molecule has 10 heteroatoms. The number of halogens is 1. The molecule has 2 unspecified atom stereocenters. The first-order chi connectivity index (χ1) is 16.8. The van der Waals surface area contributed by atoms with Crippen molar-refractivity contribution in [3.8, 4) is 0 Å². The van der Waals surface area contributed by atoms with Gasteiger partial charge in [-0.25, -0.2) is 4.39 Å². The molecular weight excluding hydrogens is 451 g/mol. The normalized spacial score (nSPS) is 18.2. The Kier molecular flexibility index (Phi) is 7.28. The Morgan fingerprint density at radius 1 is 1.11 bits per heavy atom. The summed E-state index contributed by atoms with van der Waals surface area (Å²) in [4.78, 5) is 39.5. The summed E-state index contributed by atoms with van der Waals surface area (Å²) >= 11 is 0. The summed E-state index contributed by atoms with van der Waals surface area (Å²) < 4.78 is 13.3. The molecule has 2 atom stereocenters. The molecule has 0 saturated carbocycles. The highest BCUT2D eigenvalue weighted by molar-refractivity contribution is 6.40. The Bertz CT molecular complexity index is 1130. The highest BCUT2D eigenvalue weighted by atomic mass is 19.1. The third-order valence-corrected chi connectivity index (χ3v) is 6.06. The van der Waals surface area contributed by atoms with Gasteiger partial charge in [-0.15, -0.1) is 0 Å². The smallest absolute Gasteiger partial charge is 0.267 e. The zero-order valence-corrected chi connectivity index (χ0v) is 19.5. The quantitative estimate of drug-likeness (QED) is 0.536. The van der Waals surface area contributed by atoms with E-state index in [-0.39, 0.29) is 24.5 Å². The maximum atomic E-state index is 13.3. The van der Waals surface area contributed by atoms with Crippen LogP contribution in [0.3, 0.4) is 0 Å². The van der Waals surface area contributed by atoms with Crippen molar-refractivity contribution in [2.75, 3.05) is 28.3 Å². The third-order valence-electron chi connectivity index (χ3n) is 6.06. The topological polar surface area (TPSA) is 120 Å². The molecule has 3 amide bonds. The molecule has 9 nitrogen and oxygen atoms in total. The van der Waals surface area contributed by atoms with E-state index in [1.165, 1.54) is 42.1 Å². The van der Waals surface area contributed by atoms with Crippen LogP contribution in [-0.4, -0.2) is 48.6 Å². The van der Waals surface area contributed by atoms with Crippen LogP contribution in [0, 0.1) is 5.82 Å². The number of carbonyl (C=O) groups is 3. The van der Waals surface area contributed by atoms with E-state index in [2.05, 4.69) is 20.6 Å². The molecule has 35 heavy (non-hydrogen) atoms. The van der Waals surface area contributed by atoms with Crippen molar-refractivity contribution in [1.29, 1.82) is 0 Å². The molecule has 184 valence electrons. The molecule has 0 radical (unpaired) electrons. The number of benzene rings is 2. The summed E-state index contributed by atoms with van der Waals surface area (Å²) in [5.41, 5.74) is 7.84. The van der Waals surface area contributed by atoms with Crippen LogP contribution in [-0.2, 0) is 14.4 Å². The number of nitrogens with zero attached hydrogens (tertiary/aromatic N) is 3. The van der Waals surface area contributed by atoms with Gasteiger partial charge in [-0.1, -0.05) is 6.07 Å². The first-order valence-corrected chi connectivity index (χ1v) is 11.7. The van der Waals surface area contributed by atoms with Crippen LogP contribution in [0.2, 0.25) is 0 Å². The second-order valence-corrected chi connectivity index (χ2v) is 8.86. The van der Waals surface area contributed by atoms with Crippen molar-refractivity contribution in [1.82, 2.24) is 5.32 Å². The number of nitrogens with two attached hydrogens (primary N) is 1. The standard InChI is InChI=1S/C25H29FN6O3/c1-16(13-23(33)29-18-5-4-6-20(14-18)31-11-2-3-12-31)28-25(35)21-15-22(24(27)34)32(30-21)19-9-7-17(26)8-10-19/h4-10,14,16,22H,2-3,11-13,15H2,1H3,(H2,27,34)(H,28,35)(H,29,33). The zero-order valence-electron chi connectivity index (χ0n) is 19.5. The molecule has 1 saturated heterocycles. The molecule has 2 aliphatic rings. The van der Waals surface area contributed by atoms with E-state index in [0.717, 1.165) is 18.8 Å². The first kappa shape index (κ1) is 24.2. The fraction of sp³-hybridized carbons (Fsp3) is 0.360. The molecule has 2 aromatic rings. The predicted octanol–water partition coefficient (Wildman–Crippen LogP) is 2.38. The monoisotopic (exact) mass is 480 g/mol. The number of amides is 3. The molecule has 0 spiro atoms. The lowest BCUT2D eigenvalue weighted by Gasteiger charge is -2.20. The van der Waals surface area contributed by atoms with Crippen LogP contribution < -0.4 is 26.3 Å². The van der Waals surface area contributed by atoms with Gasteiger partial charge in [0, 0.05) is 43.3 Å². The second kappa shape index (κ2) is 10.5. The number of hydrazone groups is 1. The fourth-order valence-corrected chi connectivity index (χ4v) is 4.30. The average molecular weight is 481 g/mol. The lowest BCUT2D eigenvalue weighted by molar-refractivity contribution is -0.119. The van der Waals surface area contributed by atoms with Crippen LogP contribution in [0.15, 0.2) is 53.6 Å². The van der Waals surface area contributed by atoms with Crippen molar-refractivity contribution < 1.29 is 18.8 Å². The minimum atomic E-state index is -0.859. The highest BCUT2D eigenvalue weighted by Crippen LogP contribution is 2.25. The summed E-state index contributed by atoms with van der Waals surface area (Å²) in [7, 11) is 0.